The molecule has 0 aliphatic heterocycles. The number of hydrogen-bond acceptors (Lipinski definition) is 5. The van der Waals surface area contributed by atoms with Gasteiger partial charge >= 0.3 is 0 Å². The number of H-pyrrole nitrogens is 1. The number of fused-ring (bicyclic) bond motifs is 5. The summed E-state index contributed by atoms with van der Waals surface area (Å²) in [5.41, 5.74) is 5.25. The van der Waals surface area contributed by atoms with Crippen molar-refractivity contribution in [2.24, 2.45) is 0 Å². The molecule has 7 heteroatoms. The fourth-order valence-corrected chi connectivity index (χ4v) is 4.91. The van der Waals surface area contributed by atoms with Crippen LogP contribution in [-0.2, 0) is 17.4 Å². The normalized spacial score (nSPS) is 15.1. The molecule has 142 valence electrons. The van der Waals surface area contributed by atoms with Crippen molar-refractivity contribution < 1.29 is 9.67 Å². The minimum atomic E-state index is -2.40. The van der Waals surface area contributed by atoms with Crippen molar-refractivity contribution in [3.63, 3.8) is 0 Å². The number of aryl methyl sites for hydroxylation is 2. The molecular weight excluding hydrogens is 359 g/mol. The number of rotatable bonds is 4. The zero-order valence-corrected chi connectivity index (χ0v) is 16.8. The number of anilines is 1. The average molecular weight is 384 g/mol. The van der Waals surface area contributed by atoms with Gasteiger partial charge in [0.15, 0.2) is 0 Å². The maximum absolute atomic E-state index is 12.8. The molecule has 2 aromatic heterocycles. The zero-order valence-electron chi connectivity index (χ0n) is 15.9. The lowest BCUT2D eigenvalue weighted by Crippen LogP contribution is -2.17. The SMILES string of the molecule is C[C@@H](O)CNc1ncc2c(n1)-c1c([nH]c3c(P(C)(C)=O)cccc13)CCC2. The molecule has 1 atom stereocenters. The van der Waals surface area contributed by atoms with E-state index in [4.69, 9.17) is 4.98 Å². The van der Waals surface area contributed by atoms with Gasteiger partial charge in [0.05, 0.1) is 17.3 Å². The van der Waals surface area contributed by atoms with Gasteiger partial charge in [0.2, 0.25) is 5.95 Å². The van der Waals surface area contributed by atoms with Gasteiger partial charge in [-0.3, -0.25) is 0 Å². The second-order valence-corrected chi connectivity index (χ2v) is 10.9. The minimum absolute atomic E-state index is 0.401. The molecule has 3 N–H and O–H groups in total. The summed E-state index contributed by atoms with van der Waals surface area (Å²) in [6.07, 6.45) is 4.28. The van der Waals surface area contributed by atoms with Gasteiger partial charge in [0, 0.05) is 34.7 Å². The Balaban J connectivity index is 1.92. The Hall–Kier alpha value is -2.17. The van der Waals surface area contributed by atoms with E-state index >= 15 is 0 Å². The van der Waals surface area contributed by atoms with Gasteiger partial charge in [-0.2, -0.15) is 0 Å². The van der Waals surface area contributed by atoms with Crippen LogP contribution in [0.4, 0.5) is 5.95 Å². The molecule has 0 saturated heterocycles. The second kappa shape index (κ2) is 6.77. The van der Waals surface area contributed by atoms with Gasteiger partial charge < -0.3 is 20.0 Å². The standard InChI is InChI=1S/C20H25N4O2P/c1-12(25)10-21-20-22-11-13-6-4-8-15-17(18(13)24-20)14-7-5-9-16(19(14)23-15)27(2,3)26/h5,7,9,11-12,23,25H,4,6,8,10H2,1-3H3,(H,21,22,24)/t12-/m1/s1. The molecule has 0 bridgehead atoms. The molecular formula is C20H25N4O2P. The van der Waals surface area contributed by atoms with E-state index in [1.165, 1.54) is 0 Å². The third kappa shape index (κ3) is 3.40. The molecule has 0 spiro atoms. The van der Waals surface area contributed by atoms with Crippen LogP contribution >= 0.6 is 7.14 Å². The Kier molecular flexibility index (Phi) is 4.57. The van der Waals surface area contributed by atoms with Gasteiger partial charge in [-0.1, -0.05) is 12.1 Å². The Labute approximate surface area is 158 Å². The number of aromatic nitrogens is 3. The first kappa shape index (κ1) is 18.2. The van der Waals surface area contributed by atoms with Crippen molar-refractivity contribution in [1.82, 2.24) is 15.0 Å². The monoisotopic (exact) mass is 384 g/mol. The van der Waals surface area contributed by atoms with E-state index in [1.54, 1.807) is 6.92 Å². The summed E-state index contributed by atoms with van der Waals surface area (Å²) in [5, 5.41) is 14.6. The number of aliphatic hydroxyl groups excluding tert-OH is 1. The van der Waals surface area contributed by atoms with Crippen LogP contribution in [0.5, 0.6) is 0 Å². The third-order valence-electron chi connectivity index (χ3n) is 5.00. The number of nitrogens with one attached hydrogen (secondary N) is 2. The number of benzene rings is 1. The molecule has 2 heterocycles. The van der Waals surface area contributed by atoms with E-state index in [2.05, 4.69) is 21.4 Å². The highest BCUT2D eigenvalue weighted by Crippen LogP contribution is 2.42. The molecule has 0 unspecified atom stereocenters. The van der Waals surface area contributed by atoms with Gasteiger partial charge in [-0.05, 0) is 51.1 Å². The molecule has 27 heavy (non-hydrogen) atoms. The predicted octanol–water partition coefficient (Wildman–Crippen LogP) is 3.15. The van der Waals surface area contributed by atoms with Crippen molar-refractivity contribution in [2.45, 2.75) is 32.3 Å². The van der Waals surface area contributed by atoms with Crippen molar-refractivity contribution in [1.29, 1.82) is 0 Å². The van der Waals surface area contributed by atoms with Crippen molar-refractivity contribution in [3.8, 4) is 11.3 Å². The minimum Gasteiger partial charge on any atom is -0.392 e. The van der Waals surface area contributed by atoms with Crippen LogP contribution in [0.3, 0.4) is 0 Å². The molecule has 0 radical (unpaired) electrons. The Morgan fingerprint density at radius 2 is 2.15 bits per heavy atom. The first-order valence-electron chi connectivity index (χ1n) is 9.32. The zero-order chi connectivity index (χ0) is 19.2. The Morgan fingerprint density at radius 3 is 2.89 bits per heavy atom. The lowest BCUT2D eigenvalue weighted by Gasteiger charge is -2.11. The first-order valence-corrected chi connectivity index (χ1v) is 11.9. The lowest BCUT2D eigenvalue weighted by molar-refractivity contribution is 0.208. The maximum atomic E-state index is 12.8. The van der Waals surface area contributed by atoms with Crippen LogP contribution in [0.25, 0.3) is 22.2 Å². The van der Waals surface area contributed by atoms with E-state index in [1.807, 2.05) is 31.7 Å². The highest BCUT2D eigenvalue weighted by molar-refractivity contribution is 7.70. The summed E-state index contributed by atoms with van der Waals surface area (Å²) in [7, 11) is -2.40. The van der Waals surface area contributed by atoms with E-state index in [9.17, 15) is 9.67 Å². The summed E-state index contributed by atoms with van der Waals surface area (Å²) in [4.78, 5) is 12.7. The molecule has 3 aromatic rings. The van der Waals surface area contributed by atoms with Crippen molar-refractivity contribution >= 4 is 29.3 Å². The molecule has 1 aliphatic carbocycles. The average Bonchev–Trinajstić information content (AvgIpc) is 2.88. The largest absolute Gasteiger partial charge is 0.392 e. The van der Waals surface area contributed by atoms with Crippen molar-refractivity contribution in [3.05, 3.63) is 35.7 Å². The van der Waals surface area contributed by atoms with Gasteiger partial charge in [0.25, 0.3) is 0 Å². The van der Waals surface area contributed by atoms with E-state index in [-0.39, 0.29) is 0 Å². The summed E-state index contributed by atoms with van der Waals surface area (Å²) in [5.74, 6) is 0.518. The highest BCUT2D eigenvalue weighted by atomic mass is 31.2. The second-order valence-electron chi connectivity index (χ2n) is 7.68. The molecule has 0 fully saturated rings. The third-order valence-corrected chi connectivity index (χ3v) is 6.53. The van der Waals surface area contributed by atoms with Crippen LogP contribution in [0, 0.1) is 0 Å². The fourth-order valence-electron chi connectivity index (χ4n) is 3.75. The van der Waals surface area contributed by atoms with E-state index in [0.29, 0.717) is 12.5 Å². The lowest BCUT2D eigenvalue weighted by atomic mass is 10.0. The summed E-state index contributed by atoms with van der Waals surface area (Å²) >= 11 is 0. The quantitative estimate of drug-likeness (QED) is 0.601. The topological polar surface area (TPSA) is 90.9 Å². The van der Waals surface area contributed by atoms with E-state index < -0.39 is 13.2 Å². The highest BCUT2D eigenvalue weighted by Gasteiger charge is 2.25. The van der Waals surface area contributed by atoms with Crippen LogP contribution in [0.15, 0.2) is 24.4 Å². The van der Waals surface area contributed by atoms with Crippen LogP contribution in [0.1, 0.15) is 24.6 Å². The Morgan fingerprint density at radius 1 is 1.33 bits per heavy atom. The van der Waals surface area contributed by atoms with Gasteiger partial charge in [-0.15, -0.1) is 0 Å². The predicted molar refractivity (Wildman–Crippen MR) is 111 cm³/mol. The van der Waals surface area contributed by atoms with Crippen LogP contribution in [-0.4, -0.2) is 46.0 Å². The number of aliphatic hydroxyl groups is 1. The molecule has 0 amide bonds. The Bertz CT molecular complexity index is 1050. The van der Waals surface area contributed by atoms with E-state index in [0.717, 1.165) is 58.0 Å². The molecule has 1 aliphatic rings. The maximum Gasteiger partial charge on any atom is 0.223 e. The van der Waals surface area contributed by atoms with Gasteiger partial charge in [0.1, 0.15) is 7.14 Å². The molecule has 4 rings (SSSR count). The van der Waals surface area contributed by atoms with Gasteiger partial charge in [-0.25, -0.2) is 9.97 Å². The molecule has 6 nitrogen and oxygen atoms in total. The summed E-state index contributed by atoms with van der Waals surface area (Å²) in [6.45, 7) is 5.74. The number of para-hydroxylation sites is 1. The van der Waals surface area contributed by atoms with Crippen molar-refractivity contribution in [2.75, 3.05) is 25.2 Å². The smallest absolute Gasteiger partial charge is 0.223 e. The summed E-state index contributed by atoms with van der Waals surface area (Å²) in [6, 6.07) is 6.00. The number of hydrogen-bond donors (Lipinski definition) is 3. The number of aromatic amines is 1. The molecule has 0 saturated carbocycles. The van der Waals surface area contributed by atoms with Crippen LogP contribution in [0.2, 0.25) is 0 Å². The van der Waals surface area contributed by atoms with Crippen LogP contribution < -0.4 is 10.6 Å². The molecule has 1 aromatic carbocycles. The first-order chi connectivity index (χ1) is 12.8. The fraction of sp³-hybridized carbons (Fsp3) is 0.400. The number of nitrogens with zero attached hydrogens (tertiary/aromatic N) is 2. The summed E-state index contributed by atoms with van der Waals surface area (Å²) < 4.78 is 12.8.